The van der Waals surface area contributed by atoms with E-state index in [2.05, 4.69) is 27.2 Å². The van der Waals surface area contributed by atoms with E-state index >= 15 is 0 Å². The molecular weight excluding hydrogens is 238 g/mol. The van der Waals surface area contributed by atoms with Crippen molar-refractivity contribution in [3.05, 3.63) is 18.0 Å². The Kier molecular flexibility index (Phi) is 4.37. The second kappa shape index (κ2) is 5.84. The molecule has 1 aromatic rings. The molecular formula is C14H25N5. The predicted molar refractivity (Wildman–Crippen MR) is 78.3 cm³/mol. The fraction of sp³-hybridized carbons (Fsp3) is 0.714. The van der Waals surface area contributed by atoms with Crippen LogP contribution in [0.1, 0.15) is 38.2 Å². The quantitative estimate of drug-likeness (QED) is 0.860. The number of nitrogens with zero attached hydrogens (tertiary/aromatic N) is 3. The van der Waals surface area contributed by atoms with Crippen LogP contribution in [0.2, 0.25) is 0 Å². The van der Waals surface area contributed by atoms with Crippen molar-refractivity contribution in [2.75, 3.05) is 32.0 Å². The number of hydrogen-bond donors (Lipinski definition) is 2. The molecule has 3 N–H and O–H groups in total. The van der Waals surface area contributed by atoms with Crippen molar-refractivity contribution < 1.29 is 0 Å². The van der Waals surface area contributed by atoms with E-state index in [1.165, 1.54) is 18.4 Å². The average Bonchev–Trinajstić information content (AvgIpc) is 2.37. The molecule has 1 aromatic heterocycles. The van der Waals surface area contributed by atoms with Gasteiger partial charge in [0, 0.05) is 24.5 Å². The van der Waals surface area contributed by atoms with Crippen LogP contribution >= 0.6 is 0 Å². The van der Waals surface area contributed by atoms with E-state index < -0.39 is 0 Å². The van der Waals surface area contributed by atoms with Gasteiger partial charge in [-0.25, -0.2) is 9.97 Å². The average molecular weight is 263 g/mol. The highest BCUT2D eigenvalue weighted by atomic mass is 15.1. The van der Waals surface area contributed by atoms with Crippen molar-refractivity contribution in [1.82, 2.24) is 14.9 Å². The lowest BCUT2D eigenvalue weighted by molar-refractivity contribution is 0.255. The Morgan fingerprint density at radius 3 is 2.42 bits per heavy atom. The molecule has 2 heterocycles. The summed E-state index contributed by atoms with van der Waals surface area (Å²) in [6.45, 7) is 6.94. The summed E-state index contributed by atoms with van der Waals surface area (Å²) in [4.78, 5) is 11.1. The first-order chi connectivity index (χ1) is 8.94. The third-order valence-corrected chi connectivity index (χ3v) is 3.56. The number of nitrogens with one attached hydrogen (secondary N) is 1. The minimum atomic E-state index is -0.254. The molecule has 0 unspecified atom stereocenters. The van der Waals surface area contributed by atoms with Gasteiger partial charge in [-0.1, -0.05) is 0 Å². The Labute approximate surface area is 115 Å². The van der Waals surface area contributed by atoms with Crippen LogP contribution in [0.4, 0.5) is 5.95 Å². The zero-order chi connectivity index (χ0) is 13.9. The summed E-state index contributed by atoms with van der Waals surface area (Å²) >= 11 is 0. The molecule has 1 saturated heterocycles. The molecule has 5 heteroatoms. The molecule has 0 bridgehead atoms. The summed E-state index contributed by atoms with van der Waals surface area (Å²) in [6, 6.07) is 0. The summed E-state index contributed by atoms with van der Waals surface area (Å²) < 4.78 is 0. The SMILES string of the molecule is CN1CCC(c2cnc(NCC(C)(C)N)nc2)CC1. The van der Waals surface area contributed by atoms with Gasteiger partial charge in [-0.3, -0.25) is 0 Å². The van der Waals surface area contributed by atoms with Gasteiger partial charge in [0.25, 0.3) is 0 Å². The number of likely N-dealkylation sites (tertiary alicyclic amines) is 1. The number of nitrogens with two attached hydrogens (primary N) is 1. The Hall–Kier alpha value is -1.20. The fourth-order valence-electron chi connectivity index (χ4n) is 2.29. The van der Waals surface area contributed by atoms with Crippen LogP contribution < -0.4 is 11.1 Å². The van der Waals surface area contributed by atoms with Gasteiger partial charge >= 0.3 is 0 Å². The van der Waals surface area contributed by atoms with E-state index in [4.69, 9.17) is 5.73 Å². The smallest absolute Gasteiger partial charge is 0.222 e. The highest BCUT2D eigenvalue weighted by Gasteiger charge is 2.19. The maximum Gasteiger partial charge on any atom is 0.222 e. The Bertz CT molecular complexity index is 387. The maximum atomic E-state index is 5.92. The van der Waals surface area contributed by atoms with Gasteiger partial charge in [-0.15, -0.1) is 0 Å². The van der Waals surface area contributed by atoms with Gasteiger partial charge < -0.3 is 16.0 Å². The van der Waals surface area contributed by atoms with E-state index in [-0.39, 0.29) is 5.54 Å². The first-order valence-electron chi connectivity index (χ1n) is 6.97. The summed E-state index contributed by atoms with van der Waals surface area (Å²) in [5, 5.41) is 3.17. The fourth-order valence-corrected chi connectivity index (χ4v) is 2.29. The van der Waals surface area contributed by atoms with Gasteiger partial charge in [-0.2, -0.15) is 0 Å². The standard InChI is InChI=1S/C14H25N5/c1-14(2,15)10-18-13-16-8-12(9-17-13)11-4-6-19(3)7-5-11/h8-9,11H,4-7,10,15H2,1-3H3,(H,16,17,18). The summed E-state index contributed by atoms with van der Waals surface area (Å²) in [5.74, 6) is 1.27. The molecule has 1 fully saturated rings. The third-order valence-electron chi connectivity index (χ3n) is 3.56. The molecule has 1 aliphatic rings. The van der Waals surface area contributed by atoms with Crippen LogP contribution in [0.25, 0.3) is 0 Å². The molecule has 5 nitrogen and oxygen atoms in total. The number of piperidine rings is 1. The first kappa shape index (κ1) is 14.2. The largest absolute Gasteiger partial charge is 0.352 e. The van der Waals surface area contributed by atoms with Crippen molar-refractivity contribution in [1.29, 1.82) is 0 Å². The Balaban J connectivity index is 1.91. The van der Waals surface area contributed by atoms with Crippen molar-refractivity contribution in [3.8, 4) is 0 Å². The van der Waals surface area contributed by atoms with Crippen LogP contribution in [0.5, 0.6) is 0 Å². The summed E-state index contributed by atoms with van der Waals surface area (Å²) in [6.07, 6.45) is 6.30. The van der Waals surface area contributed by atoms with Gasteiger partial charge in [0.05, 0.1) is 0 Å². The normalized spacial score (nSPS) is 18.5. The molecule has 0 radical (unpaired) electrons. The molecule has 2 rings (SSSR count). The van der Waals surface area contributed by atoms with Crippen molar-refractivity contribution in [2.45, 2.75) is 38.1 Å². The van der Waals surface area contributed by atoms with Gasteiger partial charge in [0.2, 0.25) is 5.95 Å². The second-order valence-electron chi connectivity index (χ2n) is 6.26. The first-order valence-corrected chi connectivity index (χ1v) is 6.97. The maximum absolute atomic E-state index is 5.92. The van der Waals surface area contributed by atoms with Gasteiger partial charge in [0.1, 0.15) is 0 Å². The van der Waals surface area contributed by atoms with Crippen LogP contribution in [-0.4, -0.2) is 47.1 Å². The van der Waals surface area contributed by atoms with Crippen LogP contribution in [-0.2, 0) is 0 Å². The molecule has 0 saturated carbocycles. The lowest BCUT2D eigenvalue weighted by Gasteiger charge is -2.28. The topological polar surface area (TPSA) is 67.1 Å². The number of rotatable bonds is 4. The predicted octanol–water partition coefficient (Wildman–Crippen LogP) is 1.44. The van der Waals surface area contributed by atoms with E-state index in [0.717, 1.165) is 13.1 Å². The van der Waals surface area contributed by atoms with E-state index in [9.17, 15) is 0 Å². The Morgan fingerprint density at radius 1 is 1.32 bits per heavy atom. The molecule has 0 spiro atoms. The van der Waals surface area contributed by atoms with Gasteiger partial charge in [0.15, 0.2) is 0 Å². The lowest BCUT2D eigenvalue weighted by atomic mass is 9.92. The van der Waals surface area contributed by atoms with E-state index in [0.29, 0.717) is 18.4 Å². The van der Waals surface area contributed by atoms with Crippen LogP contribution in [0.15, 0.2) is 12.4 Å². The van der Waals surface area contributed by atoms with E-state index in [1.807, 2.05) is 26.2 Å². The molecule has 0 amide bonds. The van der Waals surface area contributed by atoms with Crippen LogP contribution in [0, 0.1) is 0 Å². The van der Waals surface area contributed by atoms with E-state index in [1.54, 1.807) is 0 Å². The van der Waals surface area contributed by atoms with Crippen molar-refractivity contribution in [2.24, 2.45) is 5.73 Å². The summed E-state index contributed by atoms with van der Waals surface area (Å²) in [7, 11) is 2.17. The minimum absolute atomic E-state index is 0.254. The minimum Gasteiger partial charge on any atom is -0.352 e. The Morgan fingerprint density at radius 2 is 1.89 bits per heavy atom. The molecule has 1 aliphatic heterocycles. The number of aromatic nitrogens is 2. The zero-order valence-electron chi connectivity index (χ0n) is 12.2. The monoisotopic (exact) mass is 263 g/mol. The highest BCUT2D eigenvalue weighted by molar-refractivity contribution is 5.27. The number of hydrogen-bond acceptors (Lipinski definition) is 5. The zero-order valence-corrected chi connectivity index (χ0v) is 12.2. The highest BCUT2D eigenvalue weighted by Crippen LogP contribution is 2.26. The third kappa shape index (κ3) is 4.44. The molecule has 0 aliphatic carbocycles. The molecule has 106 valence electrons. The lowest BCUT2D eigenvalue weighted by Crippen LogP contribution is -2.39. The number of anilines is 1. The molecule has 0 aromatic carbocycles. The second-order valence-corrected chi connectivity index (χ2v) is 6.26. The van der Waals surface area contributed by atoms with Crippen LogP contribution in [0.3, 0.4) is 0 Å². The molecule has 19 heavy (non-hydrogen) atoms. The summed E-state index contributed by atoms with van der Waals surface area (Å²) in [5.41, 5.74) is 6.92. The van der Waals surface area contributed by atoms with Crippen molar-refractivity contribution in [3.63, 3.8) is 0 Å². The molecule has 0 atom stereocenters. The van der Waals surface area contributed by atoms with Crippen molar-refractivity contribution >= 4 is 5.95 Å². The van der Waals surface area contributed by atoms with Gasteiger partial charge in [-0.05, 0) is 58.3 Å².